The molecule has 2 aliphatic rings. The van der Waals surface area contributed by atoms with Crippen LogP contribution in [-0.2, 0) is 10.0 Å². The fourth-order valence-electron chi connectivity index (χ4n) is 5.46. The first kappa shape index (κ1) is 22.1. The predicted octanol–water partition coefficient (Wildman–Crippen LogP) is 4.36. The minimum absolute atomic E-state index is 0.0650. The van der Waals surface area contributed by atoms with Crippen LogP contribution in [0.1, 0.15) is 23.6 Å². The second-order valence-electron chi connectivity index (χ2n) is 8.94. The molecule has 172 valence electrons. The molecule has 0 bridgehead atoms. The van der Waals surface area contributed by atoms with E-state index in [4.69, 9.17) is 0 Å². The Morgan fingerprint density at radius 3 is 2.58 bits per heavy atom. The van der Waals surface area contributed by atoms with E-state index in [0.717, 1.165) is 16.8 Å². The number of hydrogen-bond donors (Lipinski definition) is 1. The molecule has 3 atom stereocenters. The summed E-state index contributed by atoms with van der Waals surface area (Å²) < 4.78 is 43.6. The Balaban J connectivity index is 1.67. The molecule has 1 fully saturated rings. The minimum Gasteiger partial charge on any atom is -0.394 e. The monoisotopic (exact) mass is 466 g/mol. The summed E-state index contributed by atoms with van der Waals surface area (Å²) in [7, 11) is -1.82. The fourth-order valence-corrected chi connectivity index (χ4v) is 7.23. The van der Waals surface area contributed by atoms with E-state index in [1.165, 1.54) is 6.07 Å². The van der Waals surface area contributed by atoms with E-state index in [1.807, 2.05) is 43.1 Å². The van der Waals surface area contributed by atoms with Crippen LogP contribution < -0.4 is 4.90 Å². The number of benzene rings is 3. The third-order valence-corrected chi connectivity index (χ3v) is 8.96. The molecule has 3 aromatic carbocycles. The first-order valence-electron chi connectivity index (χ1n) is 11.1. The van der Waals surface area contributed by atoms with Crippen LogP contribution in [0.25, 0.3) is 11.1 Å². The molecule has 0 aliphatic carbocycles. The van der Waals surface area contributed by atoms with Gasteiger partial charge in [0.2, 0.25) is 10.0 Å². The van der Waals surface area contributed by atoms with Crippen LogP contribution in [0.5, 0.6) is 0 Å². The molecule has 1 saturated heterocycles. The van der Waals surface area contributed by atoms with Gasteiger partial charge in [-0.2, -0.15) is 4.31 Å². The molecule has 0 aromatic heterocycles. The van der Waals surface area contributed by atoms with Gasteiger partial charge in [0.25, 0.3) is 0 Å². The number of likely N-dealkylation sites (N-methyl/N-ethyl adjacent to an activating group) is 1. The van der Waals surface area contributed by atoms with Gasteiger partial charge in [0.1, 0.15) is 5.82 Å². The second kappa shape index (κ2) is 8.24. The van der Waals surface area contributed by atoms with E-state index in [-0.39, 0.29) is 29.3 Å². The van der Waals surface area contributed by atoms with Gasteiger partial charge in [0.05, 0.1) is 23.6 Å². The van der Waals surface area contributed by atoms with Crippen LogP contribution in [0.4, 0.5) is 10.1 Å². The highest BCUT2D eigenvalue weighted by Crippen LogP contribution is 2.51. The summed E-state index contributed by atoms with van der Waals surface area (Å²) in [5.74, 6) is -0.384. The third kappa shape index (κ3) is 3.55. The highest BCUT2D eigenvalue weighted by Gasteiger charge is 2.50. The summed E-state index contributed by atoms with van der Waals surface area (Å²) in [6.45, 7) is 2.18. The van der Waals surface area contributed by atoms with Gasteiger partial charge in [0, 0.05) is 30.8 Å². The lowest BCUT2D eigenvalue weighted by molar-refractivity contribution is 0.193. The Kier molecular flexibility index (Phi) is 5.51. The summed E-state index contributed by atoms with van der Waals surface area (Å²) in [4.78, 5) is 2.30. The van der Waals surface area contributed by atoms with Crippen LogP contribution in [0.15, 0.2) is 71.6 Å². The molecule has 2 aliphatic heterocycles. The molecule has 33 heavy (non-hydrogen) atoms. The number of aliphatic hydroxyl groups excluding tert-OH is 1. The Hall–Kier alpha value is -2.74. The average Bonchev–Trinajstić information content (AvgIpc) is 3.25. The Labute approximate surface area is 194 Å². The van der Waals surface area contributed by atoms with E-state index in [1.54, 1.807) is 40.7 Å². The first-order valence-corrected chi connectivity index (χ1v) is 12.6. The van der Waals surface area contributed by atoms with E-state index in [9.17, 15) is 17.9 Å². The van der Waals surface area contributed by atoms with Gasteiger partial charge >= 0.3 is 0 Å². The van der Waals surface area contributed by atoms with Crippen molar-refractivity contribution >= 4 is 15.7 Å². The van der Waals surface area contributed by atoms with Gasteiger partial charge in [-0.15, -0.1) is 0 Å². The number of nitrogens with zero attached hydrogens (tertiary/aromatic N) is 2. The van der Waals surface area contributed by atoms with Crippen molar-refractivity contribution < 1.29 is 17.9 Å². The topological polar surface area (TPSA) is 60.9 Å². The zero-order valence-corrected chi connectivity index (χ0v) is 19.5. The van der Waals surface area contributed by atoms with Crippen molar-refractivity contribution in [1.82, 2.24) is 4.31 Å². The molecular formula is C26H27FN2O3S. The van der Waals surface area contributed by atoms with E-state index < -0.39 is 16.1 Å². The molecule has 0 unspecified atom stereocenters. The quantitative estimate of drug-likeness (QED) is 0.621. The van der Waals surface area contributed by atoms with E-state index in [2.05, 4.69) is 0 Å². The lowest BCUT2D eigenvalue weighted by Crippen LogP contribution is -2.48. The van der Waals surface area contributed by atoms with Crippen molar-refractivity contribution in [2.45, 2.75) is 30.3 Å². The number of fused-ring (bicyclic) bond motifs is 3. The van der Waals surface area contributed by atoms with Gasteiger partial charge in [-0.1, -0.05) is 36.4 Å². The highest BCUT2D eigenvalue weighted by atomic mass is 32.2. The van der Waals surface area contributed by atoms with E-state index in [0.29, 0.717) is 24.1 Å². The largest absolute Gasteiger partial charge is 0.394 e. The molecule has 5 rings (SSSR count). The van der Waals surface area contributed by atoms with Crippen LogP contribution in [0, 0.1) is 18.7 Å². The summed E-state index contributed by atoms with van der Waals surface area (Å²) in [6, 6.07) is 18.6. The summed E-state index contributed by atoms with van der Waals surface area (Å²) in [5, 5.41) is 10.2. The van der Waals surface area contributed by atoms with Gasteiger partial charge in [-0.3, -0.25) is 0 Å². The third-order valence-electron chi connectivity index (χ3n) is 7.08. The molecule has 7 heteroatoms. The van der Waals surface area contributed by atoms with E-state index >= 15 is 0 Å². The maximum absolute atomic E-state index is 14.5. The minimum atomic E-state index is -3.75. The molecule has 0 amide bonds. The van der Waals surface area contributed by atoms with Crippen molar-refractivity contribution in [3.8, 4) is 11.1 Å². The lowest BCUT2D eigenvalue weighted by Gasteiger charge is -2.44. The van der Waals surface area contributed by atoms with Gasteiger partial charge in [0.15, 0.2) is 0 Å². The molecule has 1 N–H and O–H groups in total. The lowest BCUT2D eigenvalue weighted by atomic mass is 9.81. The predicted molar refractivity (Wildman–Crippen MR) is 127 cm³/mol. The molecule has 0 spiro atoms. The normalized spacial score (nSPS) is 22.8. The van der Waals surface area contributed by atoms with Crippen LogP contribution in [0.3, 0.4) is 0 Å². The fraction of sp³-hybridized carbons (Fsp3) is 0.308. The number of aryl methyl sites for hydroxylation is 1. The molecule has 0 radical (unpaired) electrons. The van der Waals surface area contributed by atoms with Gasteiger partial charge < -0.3 is 10.0 Å². The van der Waals surface area contributed by atoms with Gasteiger partial charge in [-0.05, 0) is 60.4 Å². The first-order chi connectivity index (χ1) is 15.8. The highest BCUT2D eigenvalue weighted by molar-refractivity contribution is 7.89. The Morgan fingerprint density at radius 1 is 1.06 bits per heavy atom. The molecule has 3 aromatic rings. The van der Waals surface area contributed by atoms with Crippen molar-refractivity contribution in [2.75, 3.05) is 25.1 Å². The standard InChI is InChI=1S/C26H27FN2O3S/c1-17-6-5-7-19(14-17)33(31,32)29-13-12-21-25(16-30)28(2)24-11-10-18(15-22(24)26(21)29)20-8-3-4-9-23(20)27/h3-11,14-15,21,25-26,30H,12-13,16H2,1-2H3/t21-,25+,26-/m0/s1. The van der Waals surface area contributed by atoms with Crippen LogP contribution >= 0.6 is 0 Å². The smallest absolute Gasteiger partial charge is 0.243 e. The van der Waals surface area contributed by atoms with Crippen molar-refractivity contribution in [2.24, 2.45) is 5.92 Å². The number of hydrogen-bond acceptors (Lipinski definition) is 4. The van der Waals surface area contributed by atoms with Gasteiger partial charge in [-0.25, -0.2) is 12.8 Å². The summed E-state index contributed by atoms with van der Waals surface area (Å²) >= 11 is 0. The molecule has 2 heterocycles. The van der Waals surface area contributed by atoms with Crippen molar-refractivity contribution in [3.63, 3.8) is 0 Å². The van der Waals surface area contributed by atoms with Crippen molar-refractivity contribution in [1.29, 1.82) is 0 Å². The number of anilines is 1. The number of rotatable bonds is 4. The molecular weight excluding hydrogens is 439 g/mol. The Bertz CT molecular complexity index is 1310. The van der Waals surface area contributed by atoms with Crippen LogP contribution in [0.2, 0.25) is 0 Å². The maximum Gasteiger partial charge on any atom is 0.243 e. The number of halogens is 1. The zero-order chi connectivity index (χ0) is 23.3. The molecule has 0 saturated carbocycles. The Morgan fingerprint density at radius 2 is 1.85 bits per heavy atom. The van der Waals surface area contributed by atoms with Crippen molar-refractivity contribution in [3.05, 3.63) is 83.7 Å². The van der Waals surface area contributed by atoms with Crippen LogP contribution in [-0.4, -0.2) is 44.1 Å². The maximum atomic E-state index is 14.5. The SMILES string of the molecule is Cc1cccc(S(=O)(=O)N2CC[C@H]3[C@@H](CO)N(C)c4ccc(-c5ccccc5F)cc4[C@H]32)c1. The average molecular weight is 467 g/mol. The second-order valence-corrected chi connectivity index (χ2v) is 10.8. The molecule has 5 nitrogen and oxygen atoms in total. The number of aliphatic hydroxyl groups is 1. The zero-order valence-electron chi connectivity index (χ0n) is 18.6. The summed E-state index contributed by atoms with van der Waals surface area (Å²) in [5.41, 5.74) is 3.78. The summed E-state index contributed by atoms with van der Waals surface area (Å²) in [6.07, 6.45) is 0.647. The number of sulfonamides is 1.